The van der Waals surface area contributed by atoms with Crippen molar-refractivity contribution in [3.05, 3.63) is 83.9 Å². The van der Waals surface area contributed by atoms with Gasteiger partial charge in [0, 0.05) is 16.9 Å². The van der Waals surface area contributed by atoms with Crippen LogP contribution in [0.3, 0.4) is 0 Å². The number of thiocarbonyl (C=S) groups is 1. The molecule has 0 aromatic heterocycles. The van der Waals surface area contributed by atoms with E-state index in [-0.39, 0.29) is 21.3 Å². The van der Waals surface area contributed by atoms with Gasteiger partial charge in [0.1, 0.15) is 5.75 Å². The number of benzene rings is 3. The zero-order valence-electron chi connectivity index (χ0n) is 20.1. The summed E-state index contributed by atoms with van der Waals surface area (Å²) in [5.41, 5.74) is 2.58. The number of amides is 1. The fraction of sp³-hybridized carbons (Fsp3) is 0.231. The van der Waals surface area contributed by atoms with Crippen molar-refractivity contribution in [2.75, 3.05) is 16.6 Å². The van der Waals surface area contributed by atoms with E-state index in [1.165, 1.54) is 12.1 Å². The molecule has 0 radical (unpaired) electrons. The maximum atomic E-state index is 12.7. The van der Waals surface area contributed by atoms with Crippen molar-refractivity contribution in [1.82, 2.24) is 5.32 Å². The van der Waals surface area contributed by atoms with Crippen LogP contribution in [0.15, 0.2) is 77.7 Å². The molecule has 0 atom stereocenters. The van der Waals surface area contributed by atoms with Crippen molar-refractivity contribution in [1.29, 1.82) is 0 Å². The lowest BCUT2D eigenvalue weighted by atomic mass is 9.87. The van der Waals surface area contributed by atoms with Crippen LogP contribution in [0.25, 0.3) is 0 Å². The van der Waals surface area contributed by atoms with E-state index in [9.17, 15) is 13.2 Å². The van der Waals surface area contributed by atoms with Gasteiger partial charge in [0.05, 0.1) is 11.5 Å². The lowest BCUT2D eigenvalue weighted by Crippen LogP contribution is -2.34. The van der Waals surface area contributed by atoms with Crippen LogP contribution >= 0.6 is 12.2 Å². The molecule has 0 heterocycles. The first-order chi connectivity index (χ1) is 16.5. The van der Waals surface area contributed by atoms with Crippen molar-refractivity contribution in [2.45, 2.75) is 38.0 Å². The van der Waals surface area contributed by atoms with Crippen molar-refractivity contribution in [3.8, 4) is 5.75 Å². The number of nitrogens with one attached hydrogen (secondary N) is 3. The molecule has 0 saturated carbocycles. The third-order valence-electron chi connectivity index (χ3n) is 5.08. The van der Waals surface area contributed by atoms with Gasteiger partial charge in [-0.2, -0.15) is 0 Å². The quantitative estimate of drug-likeness (QED) is 0.372. The second kappa shape index (κ2) is 10.9. The summed E-state index contributed by atoms with van der Waals surface area (Å²) in [6.07, 6.45) is 0. The molecule has 1 amide bonds. The number of rotatable bonds is 7. The smallest absolute Gasteiger partial charge is 0.261 e. The van der Waals surface area contributed by atoms with Crippen LogP contribution in [0, 0.1) is 0 Å². The Bertz CT molecular complexity index is 1280. The highest BCUT2D eigenvalue weighted by atomic mass is 32.2. The Balaban J connectivity index is 1.59. The SMILES string of the molecule is CCOc1ccc(NS(=O)(=O)c2ccc(NC(=S)NC(=O)c3ccc(C(C)(C)C)cc3)cc2)cc1. The number of sulfonamides is 1. The summed E-state index contributed by atoms with van der Waals surface area (Å²) in [4.78, 5) is 12.6. The Kier molecular flexibility index (Phi) is 8.14. The maximum absolute atomic E-state index is 12.7. The maximum Gasteiger partial charge on any atom is 0.261 e. The Hall–Kier alpha value is -3.43. The molecule has 0 aliphatic heterocycles. The number of ether oxygens (including phenoxy) is 1. The van der Waals surface area contributed by atoms with Crippen LogP contribution in [-0.4, -0.2) is 26.0 Å². The standard InChI is InChI=1S/C26H29N3O4S2/c1-5-33-22-14-10-21(11-15-22)29-35(31,32)23-16-12-20(13-17-23)27-25(34)28-24(30)18-6-8-19(9-7-18)26(2,3)4/h6-17,29H,5H2,1-4H3,(H2,27,28,30,34). The summed E-state index contributed by atoms with van der Waals surface area (Å²) in [5, 5.41) is 5.64. The molecular formula is C26H29N3O4S2. The molecule has 0 fully saturated rings. The van der Waals surface area contributed by atoms with Crippen molar-refractivity contribution < 1.29 is 17.9 Å². The van der Waals surface area contributed by atoms with E-state index in [1.807, 2.05) is 19.1 Å². The molecule has 0 saturated heterocycles. The molecule has 9 heteroatoms. The summed E-state index contributed by atoms with van der Waals surface area (Å²) in [7, 11) is -3.77. The number of anilines is 2. The van der Waals surface area contributed by atoms with Crippen molar-refractivity contribution in [3.63, 3.8) is 0 Å². The van der Waals surface area contributed by atoms with Gasteiger partial charge >= 0.3 is 0 Å². The Labute approximate surface area is 212 Å². The van der Waals surface area contributed by atoms with Gasteiger partial charge in [-0.3, -0.25) is 14.8 Å². The van der Waals surface area contributed by atoms with E-state index in [0.717, 1.165) is 5.56 Å². The summed E-state index contributed by atoms with van der Waals surface area (Å²) in [6, 6.07) is 20.1. The van der Waals surface area contributed by atoms with E-state index in [0.29, 0.717) is 29.3 Å². The molecule has 0 unspecified atom stereocenters. The van der Waals surface area contributed by atoms with Crippen LogP contribution in [0.2, 0.25) is 0 Å². The van der Waals surface area contributed by atoms with Crippen LogP contribution in [0.4, 0.5) is 11.4 Å². The topological polar surface area (TPSA) is 96.5 Å². The summed E-state index contributed by atoms with van der Waals surface area (Å²) < 4.78 is 33.3. The van der Waals surface area contributed by atoms with E-state index < -0.39 is 10.0 Å². The monoisotopic (exact) mass is 511 g/mol. The third-order valence-corrected chi connectivity index (χ3v) is 6.68. The molecule has 35 heavy (non-hydrogen) atoms. The van der Waals surface area contributed by atoms with Gasteiger partial charge in [-0.1, -0.05) is 32.9 Å². The molecule has 3 aromatic carbocycles. The minimum atomic E-state index is -3.77. The van der Waals surface area contributed by atoms with Crippen LogP contribution < -0.4 is 20.1 Å². The number of hydrogen-bond acceptors (Lipinski definition) is 5. The van der Waals surface area contributed by atoms with Crippen molar-refractivity contribution in [2.24, 2.45) is 0 Å². The van der Waals surface area contributed by atoms with Crippen molar-refractivity contribution >= 4 is 44.6 Å². The van der Waals surface area contributed by atoms with Gasteiger partial charge < -0.3 is 10.1 Å². The molecule has 0 aliphatic carbocycles. The van der Waals surface area contributed by atoms with E-state index in [4.69, 9.17) is 17.0 Å². The van der Waals surface area contributed by atoms with Gasteiger partial charge in [-0.15, -0.1) is 0 Å². The Morgan fingerprint density at radius 1 is 0.886 bits per heavy atom. The van der Waals surface area contributed by atoms with Gasteiger partial charge in [-0.25, -0.2) is 8.42 Å². The third kappa shape index (κ3) is 7.27. The predicted molar refractivity (Wildman–Crippen MR) is 144 cm³/mol. The minimum absolute atomic E-state index is 0.00471. The molecule has 3 N–H and O–H groups in total. The van der Waals surface area contributed by atoms with Gasteiger partial charge in [0.2, 0.25) is 0 Å². The van der Waals surface area contributed by atoms with Gasteiger partial charge in [-0.05, 0) is 90.8 Å². The average molecular weight is 512 g/mol. The number of carbonyl (C=O) groups excluding carboxylic acids is 1. The summed E-state index contributed by atoms with van der Waals surface area (Å²) >= 11 is 5.24. The van der Waals surface area contributed by atoms with Crippen LogP contribution in [0.5, 0.6) is 5.75 Å². The first-order valence-corrected chi connectivity index (χ1v) is 13.0. The van der Waals surface area contributed by atoms with Gasteiger partial charge in [0.25, 0.3) is 15.9 Å². The second-order valence-electron chi connectivity index (χ2n) is 8.82. The Morgan fingerprint density at radius 3 is 2.00 bits per heavy atom. The zero-order valence-corrected chi connectivity index (χ0v) is 21.7. The van der Waals surface area contributed by atoms with E-state index in [1.54, 1.807) is 48.5 Å². The number of carbonyl (C=O) groups is 1. The molecule has 0 aliphatic rings. The van der Waals surface area contributed by atoms with Crippen LogP contribution in [0.1, 0.15) is 43.6 Å². The fourth-order valence-corrected chi connectivity index (χ4v) is 4.45. The predicted octanol–water partition coefficient (Wildman–Crippen LogP) is 5.31. The highest BCUT2D eigenvalue weighted by Crippen LogP contribution is 2.23. The molecule has 0 spiro atoms. The Morgan fingerprint density at radius 2 is 1.46 bits per heavy atom. The first-order valence-electron chi connectivity index (χ1n) is 11.1. The van der Waals surface area contributed by atoms with E-state index in [2.05, 4.69) is 36.1 Å². The van der Waals surface area contributed by atoms with E-state index >= 15 is 0 Å². The molecule has 184 valence electrons. The highest BCUT2D eigenvalue weighted by molar-refractivity contribution is 7.92. The lowest BCUT2D eigenvalue weighted by Gasteiger charge is -2.19. The minimum Gasteiger partial charge on any atom is -0.494 e. The lowest BCUT2D eigenvalue weighted by molar-refractivity contribution is 0.0977. The molecular weight excluding hydrogens is 482 g/mol. The van der Waals surface area contributed by atoms with Gasteiger partial charge in [0.15, 0.2) is 5.11 Å². The molecule has 3 aromatic rings. The number of hydrogen-bond donors (Lipinski definition) is 3. The fourth-order valence-electron chi connectivity index (χ4n) is 3.18. The normalized spacial score (nSPS) is 11.4. The molecule has 7 nitrogen and oxygen atoms in total. The second-order valence-corrected chi connectivity index (χ2v) is 10.9. The summed E-state index contributed by atoms with van der Waals surface area (Å²) in [5.74, 6) is 0.331. The molecule has 0 bridgehead atoms. The first kappa shape index (κ1) is 26.2. The van der Waals surface area contributed by atoms with Crippen LogP contribution in [-0.2, 0) is 15.4 Å². The highest BCUT2D eigenvalue weighted by Gasteiger charge is 2.16. The largest absolute Gasteiger partial charge is 0.494 e. The summed E-state index contributed by atoms with van der Waals surface area (Å²) in [6.45, 7) is 8.72. The molecule has 3 rings (SSSR count). The zero-order chi connectivity index (χ0) is 25.6. The average Bonchev–Trinajstić information content (AvgIpc) is 2.80.